The molecule has 1 aromatic carbocycles. The van der Waals surface area contributed by atoms with Crippen molar-refractivity contribution in [3.8, 4) is 0 Å². The zero-order valence-electron chi connectivity index (χ0n) is 12.6. The van der Waals surface area contributed by atoms with Crippen molar-refractivity contribution in [2.24, 2.45) is 0 Å². The maximum Gasteiger partial charge on any atom is 0.242 e. The molecule has 1 fully saturated rings. The number of anilines is 1. The third kappa shape index (κ3) is 4.26. The van der Waals surface area contributed by atoms with Crippen LogP contribution in [-0.2, 0) is 11.2 Å². The molecule has 0 aromatic heterocycles. The molecule has 1 aliphatic carbocycles. The van der Waals surface area contributed by atoms with Crippen molar-refractivity contribution in [2.45, 2.75) is 64.5 Å². The van der Waals surface area contributed by atoms with Gasteiger partial charge in [0.2, 0.25) is 5.91 Å². The van der Waals surface area contributed by atoms with Crippen molar-refractivity contribution in [2.75, 3.05) is 5.32 Å². The Morgan fingerprint density at radius 2 is 1.85 bits per heavy atom. The summed E-state index contributed by atoms with van der Waals surface area (Å²) < 4.78 is 0. The van der Waals surface area contributed by atoms with E-state index in [0.717, 1.165) is 24.9 Å². The molecule has 2 rings (SSSR count). The molecule has 1 atom stereocenters. The second-order valence-corrected chi connectivity index (χ2v) is 5.76. The first-order valence-electron chi connectivity index (χ1n) is 7.85. The van der Waals surface area contributed by atoms with Crippen molar-refractivity contribution in [3.63, 3.8) is 0 Å². The van der Waals surface area contributed by atoms with Crippen LogP contribution in [0.2, 0.25) is 0 Å². The lowest BCUT2D eigenvalue weighted by atomic mass is 9.95. The van der Waals surface area contributed by atoms with Crippen LogP contribution in [0.25, 0.3) is 0 Å². The average Bonchev–Trinajstić information content (AvgIpc) is 2.49. The minimum Gasteiger partial charge on any atom is -0.374 e. The average molecular weight is 274 g/mol. The van der Waals surface area contributed by atoms with Gasteiger partial charge < -0.3 is 10.6 Å². The van der Waals surface area contributed by atoms with E-state index in [4.69, 9.17) is 0 Å². The number of benzene rings is 1. The first-order valence-corrected chi connectivity index (χ1v) is 7.85. The molecule has 0 radical (unpaired) electrons. The van der Waals surface area contributed by atoms with Crippen molar-refractivity contribution >= 4 is 11.6 Å². The van der Waals surface area contributed by atoms with Crippen LogP contribution in [0, 0.1) is 0 Å². The largest absolute Gasteiger partial charge is 0.374 e. The van der Waals surface area contributed by atoms with Crippen LogP contribution in [0.5, 0.6) is 0 Å². The lowest BCUT2D eigenvalue weighted by Gasteiger charge is -2.25. The third-order valence-electron chi connectivity index (χ3n) is 4.09. The van der Waals surface area contributed by atoms with Crippen LogP contribution in [-0.4, -0.2) is 18.0 Å². The van der Waals surface area contributed by atoms with Gasteiger partial charge in [-0.05, 0) is 43.9 Å². The molecule has 0 spiro atoms. The minimum absolute atomic E-state index is 0.108. The molecule has 0 aliphatic heterocycles. The van der Waals surface area contributed by atoms with Crippen LogP contribution < -0.4 is 10.6 Å². The first-order chi connectivity index (χ1) is 9.69. The van der Waals surface area contributed by atoms with Crippen LogP contribution in [0.4, 0.5) is 5.69 Å². The number of rotatable bonds is 5. The van der Waals surface area contributed by atoms with Crippen molar-refractivity contribution in [1.29, 1.82) is 0 Å². The fourth-order valence-corrected chi connectivity index (χ4v) is 2.73. The Bertz CT molecular complexity index is 421. The highest BCUT2D eigenvalue weighted by Crippen LogP contribution is 2.17. The highest BCUT2D eigenvalue weighted by Gasteiger charge is 2.19. The van der Waals surface area contributed by atoms with Gasteiger partial charge in [0, 0.05) is 11.7 Å². The van der Waals surface area contributed by atoms with Gasteiger partial charge in [-0.1, -0.05) is 38.3 Å². The van der Waals surface area contributed by atoms with Crippen molar-refractivity contribution in [1.82, 2.24) is 5.32 Å². The molecule has 1 saturated carbocycles. The van der Waals surface area contributed by atoms with Crippen molar-refractivity contribution in [3.05, 3.63) is 29.8 Å². The lowest BCUT2D eigenvalue weighted by molar-refractivity contribution is -0.122. The van der Waals surface area contributed by atoms with Gasteiger partial charge >= 0.3 is 0 Å². The van der Waals surface area contributed by atoms with Gasteiger partial charge in [0.25, 0.3) is 0 Å². The predicted molar refractivity (Wildman–Crippen MR) is 83.9 cm³/mol. The summed E-state index contributed by atoms with van der Waals surface area (Å²) in [4.78, 5) is 12.2. The van der Waals surface area contributed by atoms with E-state index in [0.29, 0.717) is 6.04 Å². The predicted octanol–water partition coefficient (Wildman–Crippen LogP) is 3.50. The Balaban J connectivity index is 1.83. The Hall–Kier alpha value is -1.51. The molecule has 3 nitrogen and oxygen atoms in total. The normalized spacial score (nSPS) is 17.5. The second kappa shape index (κ2) is 7.32. The van der Waals surface area contributed by atoms with E-state index in [9.17, 15) is 4.79 Å². The molecule has 20 heavy (non-hydrogen) atoms. The molecule has 2 N–H and O–H groups in total. The number of carbonyl (C=O) groups is 1. The second-order valence-electron chi connectivity index (χ2n) is 5.76. The number of nitrogens with one attached hydrogen (secondary N) is 2. The monoisotopic (exact) mass is 274 g/mol. The SMILES string of the molecule is CCc1ccc(N[C@@H](C)C(=O)NC2CCCCC2)cc1. The summed E-state index contributed by atoms with van der Waals surface area (Å²) in [5, 5.41) is 6.43. The van der Waals surface area contributed by atoms with E-state index in [1.54, 1.807) is 0 Å². The number of carbonyl (C=O) groups excluding carboxylic acids is 1. The lowest BCUT2D eigenvalue weighted by Crippen LogP contribution is -2.43. The number of hydrogen-bond donors (Lipinski definition) is 2. The van der Waals surface area contributed by atoms with Gasteiger partial charge in [0.15, 0.2) is 0 Å². The standard InChI is InChI=1S/C17H26N2O/c1-3-14-9-11-16(12-10-14)18-13(2)17(20)19-15-7-5-4-6-8-15/h9-13,15,18H,3-8H2,1-2H3,(H,19,20)/t13-/m0/s1. The van der Waals surface area contributed by atoms with Crippen molar-refractivity contribution < 1.29 is 4.79 Å². The third-order valence-corrected chi connectivity index (χ3v) is 4.09. The topological polar surface area (TPSA) is 41.1 Å². The van der Waals surface area contributed by atoms with E-state index >= 15 is 0 Å². The molecule has 0 bridgehead atoms. The van der Waals surface area contributed by atoms with Crippen LogP contribution in [0.1, 0.15) is 51.5 Å². The van der Waals surface area contributed by atoms with Crippen LogP contribution in [0.3, 0.4) is 0 Å². The smallest absolute Gasteiger partial charge is 0.242 e. The summed E-state index contributed by atoms with van der Waals surface area (Å²) >= 11 is 0. The quantitative estimate of drug-likeness (QED) is 0.863. The van der Waals surface area contributed by atoms with E-state index < -0.39 is 0 Å². The molecular formula is C17H26N2O. The maximum atomic E-state index is 12.2. The summed E-state index contributed by atoms with van der Waals surface area (Å²) in [7, 11) is 0. The summed E-state index contributed by atoms with van der Waals surface area (Å²) in [6.45, 7) is 4.06. The molecule has 1 aliphatic rings. The number of amides is 1. The molecule has 0 saturated heterocycles. The van der Waals surface area contributed by atoms with E-state index in [2.05, 4.69) is 29.7 Å². The number of hydrogen-bond acceptors (Lipinski definition) is 2. The first kappa shape index (κ1) is 14.9. The summed E-state index contributed by atoms with van der Waals surface area (Å²) in [5.74, 6) is 0.108. The highest BCUT2D eigenvalue weighted by atomic mass is 16.2. The van der Waals surface area contributed by atoms with E-state index in [1.165, 1.54) is 24.8 Å². The zero-order valence-corrected chi connectivity index (χ0v) is 12.6. The summed E-state index contributed by atoms with van der Waals surface area (Å²) in [6.07, 6.45) is 7.09. The highest BCUT2D eigenvalue weighted by molar-refractivity contribution is 5.84. The Kier molecular flexibility index (Phi) is 5.45. The Morgan fingerprint density at radius 1 is 1.20 bits per heavy atom. The molecule has 0 heterocycles. The minimum atomic E-state index is -0.190. The number of aryl methyl sites for hydroxylation is 1. The molecular weight excluding hydrogens is 248 g/mol. The van der Waals surface area contributed by atoms with Gasteiger partial charge in [-0.2, -0.15) is 0 Å². The van der Waals surface area contributed by atoms with Gasteiger partial charge in [0.1, 0.15) is 6.04 Å². The Labute approximate surface area is 122 Å². The fourth-order valence-electron chi connectivity index (χ4n) is 2.73. The molecule has 3 heteroatoms. The molecule has 110 valence electrons. The van der Waals surface area contributed by atoms with Gasteiger partial charge in [-0.3, -0.25) is 4.79 Å². The summed E-state index contributed by atoms with van der Waals surface area (Å²) in [5.41, 5.74) is 2.32. The fraction of sp³-hybridized carbons (Fsp3) is 0.588. The molecule has 1 amide bonds. The maximum absolute atomic E-state index is 12.2. The summed E-state index contributed by atoms with van der Waals surface area (Å²) in [6, 6.07) is 8.49. The zero-order chi connectivity index (χ0) is 14.4. The van der Waals surface area contributed by atoms with Crippen LogP contribution >= 0.6 is 0 Å². The molecule has 1 aromatic rings. The molecule has 0 unspecified atom stereocenters. The van der Waals surface area contributed by atoms with Gasteiger partial charge in [-0.15, -0.1) is 0 Å². The Morgan fingerprint density at radius 3 is 2.45 bits per heavy atom. The van der Waals surface area contributed by atoms with E-state index in [1.807, 2.05) is 19.1 Å². The van der Waals surface area contributed by atoms with Gasteiger partial charge in [0.05, 0.1) is 0 Å². The van der Waals surface area contributed by atoms with Crippen LogP contribution in [0.15, 0.2) is 24.3 Å². The van der Waals surface area contributed by atoms with Gasteiger partial charge in [-0.25, -0.2) is 0 Å². The van der Waals surface area contributed by atoms with E-state index in [-0.39, 0.29) is 11.9 Å².